The molecule has 2 aromatic heterocycles. The topological polar surface area (TPSA) is 48.4 Å². The minimum atomic E-state index is 0.109. The van der Waals surface area contributed by atoms with Gasteiger partial charge in [0.2, 0.25) is 5.78 Å². The number of quaternary nitrogens is 1. The van der Waals surface area contributed by atoms with Crippen LogP contribution in [0.4, 0.5) is 0 Å². The number of nitrogens with zero attached hydrogens (tertiary/aromatic N) is 2. The fourth-order valence-electron chi connectivity index (χ4n) is 5.45. The van der Waals surface area contributed by atoms with Crippen molar-refractivity contribution in [2.45, 2.75) is 25.8 Å². The van der Waals surface area contributed by atoms with Crippen molar-refractivity contribution in [1.82, 2.24) is 9.13 Å². The zero-order valence-corrected chi connectivity index (χ0v) is 16.4. The second kappa shape index (κ2) is 6.45. The number of pyridine rings is 1. The number of carbonyl (C=O) groups excluding carboxylic acids is 1. The molecule has 3 aromatic rings. The minimum Gasteiger partial charge on any atom is -0.347 e. The number of likely N-dealkylation sites (tertiary alicyclic amines) is 1. The zero-order chi connectivity index (χ0) is 19.4. The van der Waals surface area contributed by atoms with Crippen molar-refractivity contribution >= 4 is 16.7 Å². The third kappa shape index (κ3) is 2.65. The van der Waals surface area contributed by atoms with Crippen molar-refractivity contribution in [3.05, 3.63) is 69.8 Å². The summed E-state index contributed by atoms with van der Waals surface area (Å²) in [6.07, 6.45) is 1.13. The van der Waals surface area contributed by atoms with Crippen LogP contribution in [0.3, 0.4) is 0 Å². The monoisotopic (exact) mass is 376 g/mol. The first-order valence-corrected chi connectivity index (χ1v) is 10.1. The number of rotatable bonds is 3. The first-order chi connectivity index (χ1) is 13.5. The van der Waals surface area contributed by atoms with E-state index in [-0.39, 0.29) is 11.3 Å². The molecular weight excluding hydrogens is 350 g/mol. The van der Waals surface area contributed by atoms with Crippen molar-refractivity contribution in [3.63, 3.8) is 0 Å². The van der Waals surface area contributed by atoms with Gasteiger partial charge in [0.05, 0.1) is 18.7 Å². The van der Waals surface area contributed by atoms with Gasteiger partial charge >= 0.3 is 0 Å². The van der Waals surface area contributed by atoms with Crippen molar-refractivity contribution < 1.29 is 9.69 Å². The van der Waals surface area contributed by atoms with Gasteiger partial charge < -0.3 is 14.0 Å². The van der Waals surface area contributed by atoms with E-state index in [1.807, 2.05) is 36.7 Å². The summed E-state index contributed by atoms with van der Waals surface area (Å²) in [5, 5.41) is 1.06. The molecule has 1 saturated heterocycles. The normalized spacial score (nSPS) is 23.6. The number of nitrogens with one attached hydrogen (secondary N) is 1. The molecule has 3 atom stereocenters. The second-order valence-electron chi connectivity index (χ2n) is 8.49. The highest BCUT2D eigenvalue weighted by atomic mass is 16.1. The molecule has 0 spiro atoms. The summed E-state index contributed by atoms with van der Waals surface area (Å²) >= 11 is 0. The van der Waals surface area contributed by atoms with E-state index in [0.29, 0.717) is 18.4 Å². The third-order valence-electron chi connectivity index (χ3n) is 6.76. The Morgan fingerprint density at radius 3 is 2.82 bits per heavy atom. The van der Waals surface area contributed by atoms with E-state index >= 15 is 0 Å². The Balaban J connectivity index is 1.42. The lowest BCUT2D eigenvalue weighted by Crippen LogP contribution is -3.15. The lowest BCUT2D eigenvalue weighted by molar-refractivity contribution is -0.902. The van der Waals surface area contributed by atoms with Gasteiger partial charge in [-0.15, -0.1) is 0 Å². The van der Waals surface area contributed by atoms with Gasteiger partial charge in [-0.05, 0) is 25.5 Å². The molecule has 144 valence electrons. The van der Waals surface area contributed by atoms with Crippen LogP contribution in [0.5, 0.6) is 0 Å². The molecular formula is C23H26N3O2+. The summed E-state index contributed by atoms with van der Waals surface area (Å²) in [6, 6.07) is 13.8. The van der Waals surface area contributed by atoms with Crippen LogP contribution in [0, 0.1) is 12.8 Å². The molecule has 5 nitrogen and oxygen atoms in total. The number of hydrogen-bond donors (Lipinski definition) is 1. The van der Waals surface area contributed by atoms with E-state index in [9.17, 15) is 9.59 Å². The van der Waals surface area contributed by atoms with E-state index < -0.39 is 0 Å². The Bertz CT molecular complexity index is 1140. The van der Waals surface area contributed by atoms with Gasteiger partial charge in [0.1, 0.15) is 6.54 Å². The van der Waals surface area contributed by atoms with Crippen LogP contribution in [0.15, 0.2) is 47.3 Å². The molecule has 1 N–H and O–H groups in total. The lowest BCUT2D eigenvalue weighted by Gasteiger charge is -2.40. The molecule has 5 rings (SSSR count). The Labute approximate surface area is 164 Å². The number of aryl methyl sites for hydroxylation is 1. The highest BCUT2D eigenvalue weighted by Gasteiger charge is 2.38. The minimum absolute atomic E-state index is 0.109. The van der Waals surface area contributed by atoms with Crippen LogP contribution in [-0.2, 0) is 13.6 Å². The maximum Gasteiger partial charge on any atom is 0.250 e. The standard InChI is InChI=1S/C23H25N3O2/c1-15-23(18-6-3-4-7-20(18)24(15)2)21(27)14-25-11-16-10-17(13-25)19-8-5-9-22(28)26(19)12-16/h3-9,16-17H,10-14H2,1-2H3/p+1. The predicted molar refractivity (Wildman–Crippen MR) is 109 cm³/mol. The Morgan fingerprint density at radius 1 is 1.14 bits per heavy atom. The number of ketones is 1. The van der Waals surface area contributed by atoms with Crippen LogP contribution in [-0.4, -0.2) is 34.6 Å². The Morgan fingerprint density at radius 2 is 1.96 bits per heavy atom. The van der Waals surface area contributed by atoms with E-state index in [1.54, 1.807) is 6.07 Å². The smallest absolute Gasteiger partial charge is 0.250 e. The first kappa shape index (κ1) is 17.4. The van der Waals surface area contributed by atoms with Crippen LogP contribution >= 0.6 is 0 Å². The molecule has 0 amide bonds. The van der Waals surface area contributed by atoms with Gasteiger partial charge in [-0.2, -0.15) is 0 Å². The summed E-state index contributed by atoms with van der Waals surface area (Å²) < 4.78 is 4.07. The highest BCUT2D eigenvalue weighted by molar-refractivity contribution is 6.10. The number of hydrogen-bond acceptors (Lipinski definition) is 2. The van der Waals surface area contributed by atoms with Gasteiger partial charge in [-0.1, -0.05) is 24.3 Å². The highest BCUT2D eigenvalue weighted by Crippen LogP contribution is 2.30. The van der Waals surface area contributed by atoms with Crippen LogP contribution in [0.25, 0.3) is 10.9 Å². The van der Waals surface area contributed by atoms with Crippen molar-refractivity contribution in [3.8, 4) is 0 Å². The number of benzene rings is 1. The molecule has 3 unspecified atom stereocenters. The van der Waals surface area contributed by atoms with Gasteiger partial charge in [-0.3, -0.25) is 9.59 Å². The molecule has 0 saturated carbocycles. The average molecular weight is 376 g/mol. The number of fused-ring (bicyclic) bond motifs is 5. The molecule has 1 aromatic carbocycles. The summed E-state index contributed by atoms with van der Waals surface area (Å²) in [6.45, 7) is 5.24. The second-order valence-corrected chi connectivity index (χ2v) is 8.49. The quantitative estimate of drug-likeness (QED) is 0.705. The number of aromatic nitrogens is 2. The molecule has 0 aliphatic carbocycles. The van der Waals surface area contributed by atoms with Gasteiger partial charge in [0.15, 0.2) is 0 Å². The average Bonchev–Trinajstić information content (AvgIpc) is 2.94. The van der Waals surface area contributed by atoms with Crippen molar-refractivity contribution in [2.24, 2.45) is 13.0 Å². The fourth-order valence-corrected chi connectivity index (χ4v) is 5.45. The molecule has 4 heterocycles. The molecule has 2 bridgehead atoms. The van der Waals surface area contributed by atoms with Gasteiger partial charge in [0, 0.05) is 53.8 Å². The Hall–Kier alpha value is -2.66. The fraction of sp³-hybridized carbons (Fsp3) is 0.391. The van der Waals surface area contributed by atoms with E-state index in [0.717, 1.165) is 53.9 Å². The number of Topliss-reactive ketones (excluding diaryl/α,β-unsaturated/α-hetero) is 1. The number of para-hydroxylation sites is 1. The van der Waals surface area contributed by atoms with E-state index in [4.69, 9.17) is 0 Å². The summed E-state index contributed by atoms with van der Waals surface area (Å²) in [4.78, 5) is 26.8. The van der Waals surface area contributed by atoms with Crippen LogP contribution < -0.4 is 10.5 Å². The SMILES string of the molecule is Cc1c(C(=O)C[NH+]2CC3CC(C2)c2cccc(=O)n2C3)c2ccccc2n1C. The van der Waals surface area contributed by atoms with Gasteiger partial charge in [0.25, 0.3) is 5.56 Å². The maximum absolute atomic E-state index is 13.3. The van der Waals surface area contributed by atoms with Crippen LogP contribution in [0.1, 0.15) is 34.1 Å². The third-order valence-corrected chi connectivity index (χ3v) is 6.76. The maximum atomic E-state index is 13.3. The lowest BCUT2D eigenvalue weighted by atomic mass is 9.83. The molecule has 1 fully saturated rings. The van der Waals surface area contributed by atoms with Gasteiger partial charge in [-0.25, -0.2) is 0 Å². The summed E-state index contributed by atoms with van der Waals surface area (Å²) in [5.41, 5.74) is 4.28. The Kier molecular flexibility index (Phi) is 4.02. The predicted octanol–water partition coefficient (Wildman–Crippen LogP) is 1.53. The number of piperidine rings is 1. The van der Waals surface area contributed by atoms with Crippen LogP contribution in [0.2, 0.25) is 0 Å². The summed E-state index contributed by atoms with van der Waals surface area (Å²) in [5.74, 6) is 1.08. The number of carbonyl (C=O) groups is 1. The first-order valence-electron chi connectivity index (χ1n) is 10.1. The van der Waals surface area contributed by atoms with E-state index in [1.165, 1.54) is 4.90 Å². The largest absolute Gasteiger partial charge is 0.347 e. The molecule has 2 aliphatic rings. The van der Waals surface area contributed by atoms with E-state index in [2.05, 4.69) is 22.8 Å². The molecule has 2 aliphatic heterocycles. The van der Waals surface area contributed by atoms with Crippen molar-refractivity contribution in [2.75, 3.05) is 19.6 Å². The molecule has 28 heavy (non-hydrogen) atoms. The molecule has 0 radical (unpaired) electrons. The molecule has 5 heteroatoms. The zero-order valence-electron chi connectivity index (χ0n) is 16.4. The summed E-state index contributed by atoms with van der Waals surface area (Å²) in [7, 11) is 2.03. The van der Waals surface area contributed by atoms with Crippen molar-refractivity contribution in [1.29, 1.82) is 0 Å².